The molecule has 73 heavy (non-hydrogen) atoms. The van der Waals surface area contributed by atoms with Gasteiger partial charge in [0.25, 0.3) is 0 Å². The Kier molecular flexibility index (Phi) is 10.8. The van der Waals surface area contributed by atoms with Crippen molar-refractivity contribution in [2.45, 2.75) is 40.8 Å². The average Bonchev–Trinajstić information content (AvgIpc) is 3.90. The molecule has 0 aliphatic carbocycles. The summed E-state index contributed by atoms with van der Waals surface area (Å²) in [5.41, 5.74) is 17.6. The van der Waals surface area contributed by atoms with Crippen LogP contribution >= 0.6 is 0 Å². The fourth-order valence-corrected chi connectivity index (χ4v) is 11.4. The summed E-state index contributed by atoms with van der Waals surface area (Å²) in [7, 11) is 0. The summed E-state index contributed by atoms with van der Waals surface area (Å²) in [6.07, 6.45) is -4.68. The number of hydrogen-bond acceptors (Lipinski definition) is 0. The maximum Gasteiger partial charge on any atom is 0.417 e. The molecule has 6 heteroatoms. The molecule has 10 aromatic carbocycles. The molecule has 0 spiro atoms. The monoisotopic (exact) mass is 951 g/mol. The van der Waals surface area contributed by atoms with Gasteiger partial charge in [-0.15, -0.1) is 0 Å². The molecule has 3 nitrogen and oxygen atoms in total. The van der Waals surface area contributed by atoms with Crippen molar-refractivity contribution < 1.29 is 13.2 Å². The first kappa shape index (κ1) is 45.2. The Hall–Kier alpha value is -8.92. The van der Waals surface area contributed by atoms with Crippen molar-refractivity contribution in [1.29, 1.82) is 0 Å². The van der Waals surface area contributed by atoms with Gasteiger partial charge in [0.1, 0.15) is 0 Å². The maximum atomic E-state index is 15.5. The Labute approximate surface area is 422 Å². The van der Waals surface area contributed by atoms with Crippen LogP contribution in [-0.2, 0) is 6.18 Å². The molecule has 2 heterocycles. The van der Waals surface area contributed by atoms with E-state index in [0.717, 1.165) is 116 Å². The van der Waals surface area contributed by atoms with Crippen molar-refractivity contribution in [2.75, 3.05) is 0 Å². The highest BCUT2D eigenvalue weighted by molar-refractivity contribution is 6.15. The van der Waals surface area contributed by atoms with E-state index in [1.54, 1.807) is 19.1 Å². The molecule has 0 amide bonds. The molecule has 352 valence electrons. The second-order valence-corrected chi connectivity index (χ2v) is 19.3. The van der Waals surface area contributed by atoms with Gasteiger partial charge in [0.05, 0.1) is 45.6 Å². The highest BCUT2D eigenvalue weighted by Crippen LogP contribution is 2.50. The van der Waals surface area contributed by atoms with E-state index in [1.165, 1.54) is 6.07 Å². The topological polar surface area (TPSA) is 14.2 Å². The van der Waals surface area contributed by atoms with Gasteiger partial charge in [-0.3, -0.25) is 0 Å². The predicted octanol–water partition coefficient (Wildman–Crippen LogP) is 19.3. The fourth-order valence-electron chi connectivity index (χ4n) is 11.4. The van der Waals surface area contributed by atoms with E-state index in [9.17, 15) is 6.57 Å². The maximum absolute atomic E-state index is 15.5. The van der Waals surface area contributed by atoms with E-state index >= 15 is 13.2 Å². The smallest absolute Gasteiger partial charge is 0.319 e. The Morgan fingerprint density at radius 3 is 1.08 bits per heavy atom. The van der Waals surface area contributed by atoms with E-state index in [0.29, 0.717) is 22.5 Å². The summed E-state index contributed by atoms with van der Waals surface area (Å²) < 4.78 is 50.7. The zero-order chi connectivity index (χ0) is 50.3. The molecular formula is C67H48F3N3. The molecule has 0 N–H and O–H groups in total. The number of alkyl halides is 3. The first-order valence-corrected chi connectivity index (χ1v) is 24.5. The normalized spacial score (nSPS) is 11.8. The number of rotatable bonds is 7. The van der Waals surface area contributed by atoms with Crippen LogP contribution in [0.5, 0.6) is 0 Å². The van der Waals surface area contributed by atoms with Gasteiger partial charge in [-0.05, 0) is 179 Å². The quantitative estimate of drug-likeness (QED) is 0.141. The summed E-state index contributed by atoms with van der Waals surface area (Å²) >= 11 is 0. The lowest BCUT2D eigenvalue weighted by Gasteiger charge is -2.23. The highest BCUT2D eigenvalue weighted by atomic mass is 19.4. The van der Waals surface area contributed by atoms with Crippen LogP contribution in [-0.4, -0.2) is 9.13 Å². The van der Waals surface area contributed by atoms with E-state index < -0.39 is 11.7 Å². The minimum Gasteiger partial charge on any atom is -0.319 e. The van der Waals surface area contributed by atoms with Gasteiger partial charge in [-0.2, -0.15) is 13.2 Å². The Morgan fingerprint density at radius 1 is 0.370 bits per heavy atom. The van der Waals surface area contributed by atoms with E-state index in [-0.39, 0.29) is 11.3 Å². The molecule has 0 atom stereocenters. The average molecular weight is 952 g/mol. The first-order chi connectivity index (χ1) is 35.4. The second kappa shape index (κ2) is 17.4. The van der Waals surface area contributed by atoms with E-state index in [2.05, 4.69) is 171 Å². The molecule has 0 bridgehead atoms. The van der Waals surface area contributed by atoms with Gasteiger partial charge in [0.2, 0.25) is 5.69 Å². The molecule has 0 unspecified atom stereocenters. The summed E-state index contributed by atoms with van der Waals surface area (Å²) in [6.45, 7) is 19.5. The Morgan fingerprint density at radius 2 is 0.726 bits per heavy atom. The molecule has 0 saturated heterocycles. The Bertz CT molecular complexity index is 4070. The van der Waals surface area contributed by atoms with Crippen LogP contribution in [0.3, 0.4) is 0 Å². The molecular weight excluding hydrogens is 904 g/mol. The number of fused-ring (bicyclic) bond motifs is 6. The largest absolute Gasteiger partial charge is 0.417 e. The van der Waals surface area contributed by atoms with Crippen molar-refractivity contribution in [3.05, 3.63) is 245 Å². The van der Waals surface area contributed by atoms with Crippen LogP contribution in [0, 0.1) is 41.2 Å². The van der Waals surface area contributed by atoms with Crippen molar-refractivity contribution in [2.24, 2.45) is 0 Å². The molecule has 0 aliphatic rings. The molecule has 2 aromatic heterocycles. The van der Waals surface area contributed by atoms with Crippen LogP contribution < -0.4 is 0 Å². The summed E-state index contributed by atoms with van der Waals surface area (Å²) in [4.78, 5) is 4.45. The SMILES string of the molecule is [C-]#[N+]c1c(-n2c3ccc(-c4ccccc4C)cc3c3cc(-c4ccccc4C)ccc32)ccc(-c2c(C)cccc2C(F)(F)F)c1-n1c2ccc(-c3ccccc3C)cc2c2cc(-c3ccccc3C)ccc21. The van der Waals surface area contributed by atoms with Crippen LogP contribution in [0.2, 0.25) is 0 Å². The van der Waals surface area contributed by atoms with Crippen LogP contribution in [0.15, 0.2) is 200 Å². The third kappa shape index (κ3) is 7.42. The first-order valence-electron chi connectivity index (χ1n) is 24.5. The standard InChI is InChI=1S/C67H48F3N3/c1-40-16-7-11-21-49(40)45-26-31-59-54(36-45)55-37-46(50-22-12-8-17-41(50)2)27-32-60(55)72(59)63-35-30-53(64-44(5)20-15-25-58(64)67(68,69)70)66(65(63)71-6)73-61-33-28-47(51-23-13-9-18-42(51)3)38-56(61)57-39-48(29-34-62(57)73)52-24-14-10-19-43(52)4/h7-39H,1-5H3. The number of benzene rings is 10. The minimum absolute atomic E-state index is 0.0393. The number of aromatic nitrogens is 2. The molecule has 0 fully saturated rings. The number of halogens is 3. The van der Waals surface area contributed by atoms with E-state index in [1.807, 2.05) is 47.0 Å². The number of nitrogens with zero attached hydrogens (tertiary/aromatic N) is 3. The lowest BCUT2D eigenvalue weighted by molar-refractivity contribution is -0.137. The van der Waals surface area contributed by atoms with Gasteiger partial charge in [0.15, 0.2) is 0 Å². The zero-order valence-corrected chi connectivity index (χ0v) is 41.0. The fraction of sp³-hybridized carbons (Fsp3) is 0.0896. The molecule has 0 aliphatic heterocycles. The predicted molar refractivity (Wildman–Crippen MR) is 297 cm³/mol. The summed E-state index contributed by atoms with van der Waals surface area (Å²) in [5, 5.41) is 3.83. The number of aryl methyl sites for hydroxylation is 5. The highest BCUT2D eigenvalue weighted by Gasteiger charge is 2.36. The van der Waals surface area contributed by atoms with Crippen molar-refractivity contribution in [3.63, 3.8) is 0 Å². The zero-order valence-electron chi connectivity index (χ0n) is 41.0. The molecule has 0 radical (unpaired) electrons. The van der Waals surface area contributed by atoms with Crippen LogP contribution in [0.25, 0.3) is 115 Å². The van der Waals surface area contributed by atoms with Crippen LogP contribution in [0.1, 0.15) is 33.4 Å². The van der Waals surface area contributed by atoms with Gasteiger partial charge in [-0.1, -0.05) is 140 Å². The van der Waals surface area contributed by atoms with Crippen molar-refractivity contribution in [3.8, 4) is 67.0 Å². The molecule has 12 aromatic rings. The minimum atomic E-state index is -4.68. The third-order valence-corrected chi connectivity index (χ3v) is 14.9. The lowest BCUT2D eigenvalue weighted by atomic mass is 9.92. The molecule has 12 rings (SSSR count). The van der Waals surface area contributed by atoms with Crippen LogP contribution in [0.4, 0.5) is 18.9 Å². The summed E-state index contributed by atoms with van der Waals surface area (Å²) in [6, 6.07) is 66.9. The van der Waals surface area contributed by atoms with Crippen molar-refractivity contribution in [1.82, 2.24) is 9.13 Å². The number of hydrogen-bond donors (Lipinski definition) is 0. The van der Waals surface area contributed by atoms with Gasteiger partial charge >= 0.3 is 6.18 Å². The van der Waals surface area contributed by atoms with E-state index in [4.69, 9.17) is 0 Å². The second-order valence-electron chi connectivity index (χ2n) is 19.3. The van der Waals surface area contributed by atoms with Crippen molar-refractivity contribution >= 4 is 49.3 Å². The van der Waals surface area contributed by atoms with Gasteiger partial charge in [-0.25, -0.2) is 4.85 Å². The van der Waals surface area contributed by atoms with Gasteiger partial charge in [0, 0.05) is 21.5 Å². The third-order valence-electron chi connectivity index (χ3n) is 14.9. The molecule has 0 saturated carbocycles. The van der Waals surface area contributed by atoms with Gasteiger partial charge < -0.3 is 9.13 Å². The lowest BCUT2D eigenvalue weighted by Crippen LogP contribution is -2.10. The Balaban J connectivity index is 1.22. The summed E-state index contributed by atoms with van der Waals surface area (Å²) in [5.74, 6) is 0.